The van der Waals surface area contributed by atoms with Crippen LogP contribution < -0.4 is 20.3 Å². The summed E-state index contributed by atoms with van der Waals surface area (Å²) in [5.41, 5.74) is 2.67. The van der Waals surface area contributed by atoms with Gasteiger partial charge in [-0.15, -0.1) is 0 Å². The van der Waals surface area contributed by atoms with Gasteiger partial charge in [0.25, 0.3) is 5.91 Å². The molecule has 0 saturated heterocycles. The van der Waals surface area contributed by atoms with E-state index < -0.39 is 0 Å². The Morgan fingerprint density at radius 3 is 2.38 bits per heavy atom. The van der Waals surface area contributed by atoms with Crippen LogP contribution in [0.5, 0.6) is 5.75 Å². The second kappa shape index (κ2) is 9.11. The zero-order valence-electron chi connectivity index (χ0n) is 18.0. The molecule has 1 saturated carbocycles. The van der Waals surface area contributed by atoms with Crippen molar-refractivity contribution < 1.29 is 9.53 Å². The van der Waals surface area contributed by atoms with E-state index in [4.69, 9.17) is 4.74 Å². The zero-order valence-corrected chi connectivity index (χ0v) is 18.0. The Kier molecular flexibility index (Phi) is 6.56. The second-order valence-electron chi connectivity index (χ2n) is 7.84. The molecule has 7 nitrogen and oxygen atoms in total. The third-order valence-corrected chi connectivity index (χ3v) is 5.53. The highest BCUT2D eigenvalue weighted by atomic mass is 16.5. The van der Waals surface area contributed by atoms with Crippen LogP contribution in [0, 0.1) is 13.8 Å². The van der Waals surface area contributed by atoms with E-state index in [9.17, 15) is 4.79 Å². The Labute approximate surface area is 172 Å². The summed E-state index contributed by atoms with van der Waals surface area (Å²) >= 11 is 0. The van der Waals surface area contributed by atoms with E-state index in [1.54, 1.807) is 19.2 Å². The molecule has 2 aromatic rings. The highest BCUT2D eigenvalue weighted by Crippen LogP contribution is 2.25. The molecule has 0 aliphatic heterocycles. The molecule has 0 unspecified atom stereocenters. The lowest BCUT2D eigenvalue weighted by atomic mass is 9.91. The van der Waals surface area contributed by atoms with E-state index in [1.807, 2.05) is 45.0 Å². The Bertz CT molecular complexity index is 860. The number of amides is 1. The van der Waals surface area contributed by atoms with Gasteiger partial charge in [0.15, 0.2) is 0 Å². The number of carbonyl (C=O) groups is 1. The maximum atomic E-state index is 12.6. The minimum atomic E-state index is -0.0769. The van der Waals surface area contributed by atoms with Crippen molar-refractivity contribution in [1.82, 2.24) is 15.3 Å². The maximum Gasteiger partial charge on any atom is 0.255 e. The molecule has 1 aliphatic rings. The van der Waals surface area contributed by atoms with Crippen LogP contribution in [0.15, 0.2) is 24.3 Å². The molecule has 1 amide bonds. The lowest BCUT2D eigenvalue weighted by Gasteiger charge is -2.30. The molecule has 1 heterocycles. The SMILES string of the molecule is COc1ccccc1C(=O)NC1CCC(Nc2nc(C)c(C)c(N(C)C)n2)CC1. The number of aryl methyl sites for hydroxylation is 1. The van der Waals surface area contributed by atoms with E-state index in [0.29, 0.717) is 23.3 Å². The molecule has 2 N–H and O–H groups in total. The van der Waals surface area contributed by atoms with Crippen molar-refractivity contribution in [2.24, 2.45) is 0 Å². The van der Waals surface area contributed by atoms with Gasteiger partial charge in [-0.1, -0.05) is 12.1 Å². The number of para-hydroxylation sites is 1. The molecule has 0 radical (unpaired) electrons. The van der Waals surface area contributed by atoms with Crippen LogP contribution in [0.25, 0.3) is 0 Å². The molecule has 156 valence electrons. The smallest absolute Gasteiger partial charge is 0.255 e. The zero-order chi connectivity index (χ0) is 21.0. The Morgan fingerprint density at radius 2 is 1.72 bits per heavy atom. The summed E-state index contributed by atoms with van der Waals surface area (Å²) in [6.45, 7) is 4.06. The lowest BCUT2D eigenvalue weighted by Crippen LogP contribution is -2.40. The first-order valence-corrected chi connectivity index (χ1v) is 10.1. The Balaban J connectivity index is 1.56. The van der Waals surface area contributed by atoms with Crippen molar-refractivity contribution in [3.05, 3.63) is 41.1 Å². The first kappa shape index (κ1) is 20.9. The number of nitrogens with zero attached hydrogens (tertiary/aromatic N) is 3. The third kappa shape index (κ3) is 4.96. The average molecular weight is 398 g/mol. The lowest BCUT2D eigenvalue weighted by molar-refractivity contribution is 0.0923. The highest BCUT2D eigenvalue weighted by Gasteiger charge is 2.24. The molecule has 29 heavy (non-hydrogen) atoms. The number of rotatable bonds is 6. The van der Waals surface area contributed by atoms with Gasteiger partial charge >= 0.3 is 0 Å². The quantitative estimate of drug-likeness (QED) is 0.778. The molecule has 1 fully saturated rings. The predicted octanol–water partition coefficient (Wildman–Crippen LogP) is 3.32. The molecule has 3 rings (SSSR count). The monoisotopic (exact) mass is 397 g/mol. The van der Waals surface area contributed by atoms with Crippen LogP contribution in [-0.4, -0.2) is 49.2 Å². The van der Waals surface area contributed by atoms with E-state index in [0.717, 1.165) is 42.8 Å². The van der Waals surface area contributed by atoms with Gasteiger partial charge in [-0.2, -0.15) is 4.98 Å². The largest absolute Gasteiger partial charge is 0.496 e. The summed E-state index contributed by atoms with van der Waals surface area (Å²) < 4.78 is 5.30. The van der Waals surface area contributed by atoms with Crippen molar-refractivity contribution in [3.63, 3.8) is 0 Å². The van der Waals surface area contributed by atoms with Crippen LogP contribution in [0.1, 0.15) is 47.3 Å². The molecule has 1 aromatic heterocycles. The number of carbonyl (C=O) groups excluding carboxylic acids is 1. The number of hydrogen-bond acceptors (Lipinski definition) is 6. The molecule has 1 aromatic carbocycles. The maximum absolute atomic E-state index is 12.6. The predicted molar refractivity (Wildman–Crippen MR) is 116 cm³/mol. The third-order valence-electron chi connectivity index (χ3n) is 5.53. The van der Waals surface area contributed by atoms with Crippen LogP contribution in [0.3, 0.4) is 0 Å². The first-order valence-electron chi connectivity index (χ1n) is 10.1. The fraction of sp³-hybridized carbons (Fsp3) is 0.500. The number of hydrogen-bond donors (Lipinski definition) is 2. The van der Waals surface area contributed by atoms with Crippen LogP contribution in [-0.2, 0) is 0 Å². The number of ether oxygens (including phenoxy) is 1. The number of methoxy groups -OCH3 is 1. The van der Waals surface area contributed by atoms with Crippen molar-refractivity contribution in [2.45, 2.75) is 51.6 Å². The fourth-order valence-corrected chi connectivity index (χ4v) is 3.77. The van der Waals surface area contributed by atoms with Crippen molar-refractivity contribution in [2.75, 3.05) is 31.4 Å². The van der Waals surface area contributed by atoms with Crippen molar-refractivity contribution in [1.29, 1.82) is 0 Å². The topological polar surface area (TPSA) is 79.4 Å². The second-order valence-corrected chi connectivity index (χ2v) is 7.84. The van der Waals surface area contributed by atoms with Crippen molar-refractivity contribution in [3.8, 4) is 5.75 Å². The van der Waals surface area contributed by atoms with Gasteiger partial charge in [-0.3, -0.25) is 4.79 Å². The minimum Gasteiger partial charge on any atom is -0.496 e. The van der Waals surface area contributed by atoms with Crippen LogP contribution in [0.2, 0.25) is 0 Å². The standard InChI is InChI=1S/C22H31N5O2/c1-14-15(2)23-22(26-20(14)27(3)4)25-17-12-10-16(11-13-17)24-21(28)18-8-6-7-9-19(18)29-5/h6-9,16-17H,10-13H2,1-5H3,(H,24,28)(H,23,25,26). The van der Waals surface area contributed by atoms with Gasteiger partial charge in [0.1, 0.15) is 11.6 Å². The summed E-state index contributed by atoms with van der Waals surface area (Å²) in [6, 6.07) is 7.80. The number of anilines is 2. The Hall–Kier alpha value is -2.83. The van der Waals surface area contributed by atoms with E-state index in [-0.39, 0.29) is 11.9 Å². The van der Waals surface area contributed by atoms with Crippen LogP contribution in [0.4, 0.5) is 11.8 Å². The average Bonchev–Trinajstić information content (AvgIpc) is 2.71. The molecule has 1 aliphatic carbocycles. The highest BCUT2D eigenvalue weighted by molar-refractivity contribution is 5.97. The minimum absolute atomic E-state index is 0.0769. The summed E-state index contributed by atoms with van der Waals surface area (Å²) in [4.78, 5) is 23.9. The molecule has 0 spiro atoms. The molecule has 7 heteroatoms. The summed E-state index contributed by atoms with van der Waals surface area (Å²) in [5, 5.41) is 6.64. The summed E-state index contributed by atoms with van der Waals surface area (Å²) in [6.07, 6.45) is 3.77. The van der Waals surface area contributed by atoms with Gasteiger partial charge in [0, 0.05) is 37.4 Å². The van der Waals surface area contributed by atoms with Gasteiger partial charge in [0.2, 0.25) is 5.95 Å². The van der Waals surface area contributed by atoms with E-state index >= 15 is 0 Å². The number of nitrogens with one attached hydrogen (secondary N) is 2. The van der Waals surface area contributed by atoms with Gasteiger partial charge < -0.3 is 20.3 Å². The molecule has 0 atom stereocenters. The van der Waals surface area contributed by atoms with E-state index in [2.05, 4.69) is 20.6 Å². The number of benzene rings is 1. The van der Waals surface area contributed by atoms with Crippen LogP contribution >= 0.6 is 0 Å². The summed E-state index contributed by atoms with van der Waals surface area (Å²) in [7, 11) is 5.57. The first-order chi connectivity index (χ1) is 13.9. The normalized spacial score (nSPS) is 18.8. The molecular formula is C22H31N5O2. The molecular weight excluding hydrogens is 366 g/mol. The Morgan fingerprint density at radius 1 is 1.07 bits per heavy atom. The fourth-order valence-electron chi connectivity index (χ4n) is 3.77. The van der Waals surface area contributed by atoms with Gasteiger partial charge in [-0.05, 0) is 51.7 Å². The van der Waals surface area contributed by atoms with Crippen molar-refractivity contribution >= 4 is 17.7 Å². The number of aromatic nitrogens is 2. The molecule has 0 bridgehead atoms. The van der Waals surface area contributed by atoms with E-state index in [1.165, 1.54) is 0 Å². The van der Waals surface area contributed by atoms with Gasteiger partial charge in [-0.25, -0.2) is 4.98 Å². The summed E-state index contributed by atoms with van der Waals surface area (Å²) in [5.74, 6) is 2.15. The van der Waals surface area contributed by atoms with Gasteiger partial charge in [0.05, 0.1) is 12.7 Å².